The number of hydrogen-bond acceptors (Lipinski definition) is 6. The molecular weight excluding hydrogens is 687 g/mol. The molecule has 302 valence electrons. The minimum atomic E-state index is -0.585. The molecule has 4 fully saturated rings. The van der Waals surface area contributed by atoms with E-state index in [0.717, 1.165) is 43.6 Å². The summed E-state index contributed by atoms with van der Waals surface area (Å²) in [6, 6.07) is 9.94. The summed E-state index contributed by atoms with van der Waals surface area (Å²) in [6.07, 6.45) is 19.7. The molecule has 0 aliphatic heterocycles. The Kier molecular flexibility index (Phi) is 11.5. The molecule has 7 heteroatoms. The average molecular weight is 756 g/mol. The molecule has 6 aliphatic carbocycles. The molecule has 0 radical (unpaired) electrons. The number of amides is 1. The van der Waals surface area contributed by atoms with Gasteiger partial charge in [0.1, 0.15) is 12.2 Å². The number of ether oxygens (including phenoxy) is 2. The van der Waals surface area contributed by atoms with E-state index in [1.807, 2.05) is 51.1 Å². The second kappa shape index (κ2) is 15.3. The van der Waals surface area contributed by atoms with Crippen LogP contribution >= 0.6 is 0 Å². The van der Waals surface area contributed by atoms with Crippen molar-refractivity contribution in [1.82, 2.24) is 5.32 Å². The van der Waals surface area contributed by atoms with Crippen molar-refractivity contribution in [3.63, 3.8) is 0 Å². The van der Waals surface area contributed by atoms with Gasteiger partial charge in [0, 0.05) is 6.04 Å². The lowest BCUT2D eigenvalue weighted by atomic mass is 9.32. The third-order valence-corrected chi connectivity index (χ3v) is 16.8. The van der Waals surface area contributed by atoms with Gasteiger partial charge in [-0.05, 0) is 166 Å². The van der Waals surface area contributed by atoms with Gasteiger partial charge in [0.15, 0.2) is 0 Å². The molecule has 0 bridgehead atoms. The van der Waals surface area contributed by atoms with Crippen LogP contribution in [0.25, 0.3) is 0 Å². The largest absolute Gasteiger partial charge is 0.460 e. The van der Waals surface area contributed by atoms with E-state index in [1.165, 1.54) is 51.4 Å². The number of fused-ring (bicyclic) bond motifs is 7. The van der Waals surface area contributed by atoms with Gasteiger partial charge in [0.25, 0.3) is 0 Å². The molecule has 7 nitrogen and oxygen atoms in total. The topological polar surface area (TPSA) is 98.8 Å². The number of rotatable bonds is 6. The zero-order valence-electron chi connectivity index (χ0n) is 35.4. The highest BCUT2D eigenvalue weighted by atomic mass is 16.6. The Labute approximate surface area is 331 Å². The van der Waals surface area contributed by atoms with Crippen molar-refractivity contribution in [2.45, 2.75) is 164 Å². The highest BCUT2D eigenvalue weighted by Gasteiger charge is 2.72. The van der Waals surface area contributed by atoms with Crippen LogP contribution in [0.15, 0.2) is 53.6 Å². The van der Waals surface area contributed by atoms with Crippen LogP contribution in [0.5, 0.6) is 0 Å². The van der Waals surface area contributed by atoms with E-state index in [9.17, 15) is 9.59 Å². The zero-order chi connectivity index (χ0) is 40.0. The van der Waals surface area contributed by atoms with Gasteiger partial charge in [-0.2, -0.15) is 9.59 Å². The number of carbonyl (C=O) groups is 2. The molecular formula is C48H69NO6. The maximum atomic E-state index is 14.5. The smallest absolute Gasteiger partial charge is 0.407 e. The summed E-state index contributed by atoms with van der Waals surface area (Å²) in [5, 5.41) is 3.35. The maximum Gasteiger partial charge on any atom is 0.407 e. The molecule has 1 amide bonds. The normalized spacial score (nSPS) is 38.8. The number of benzene rings is 1. The van der Waals surface area contributed by atoms with E-state index in [0.29, 0.717) is 24.4 Å². The first-order valence-electron chi connectivity index (χ1n) is 21.5. The van der Waals surface area contributed by atoms with E-state index in [1.54, 1.807) is 11.1 Å². The Hall–Kier alpha value is -3.18. The van der Waals surface area contributed by atoms with Crippen LogP contribution in [0.1, 0.15) is 151 Å². The van der Waals surface area contributed by atoms with Gasteiger partial charge in [-0.25, -0.2) is 4.79 Å². The molecule has 55 heavy (non-hydrogen) atoms. The average Bonchev–Trinajstić information content (AvgIpc) is 3.49. The fourth-order valence-electron chi connectivity index (χ4n) is 14.1. The minimum absolute atomic E-state index is 0.0322. The summed E-state index contributed by atoms with van der Waals surface area (Å²) in [7, 11) is 0. The van der Waals surface area contributed by atoms with Crippen molar-refractivity contribution < 1.29 is 28.7 Å². The Morgan fingerprint density at radius 2 is 1.56 bits per heavy atom. The third kappa shape index (κ3) is 7.19. The quantitative estimate of drug-likeness (QED) is 0.290. The van der Waals surface area contributed by atoms with Crippen molar-refractivity contribution in [2.24, 2.45) is 56.7 Å². The summed E-state index contributed by atoms with van der Waals surface area (Å²) in [5.74, 6) is 2.44. The number of carbonyl (C=O) groups excluding carboxylic acids is 4. The van der Waals surface area contributed by atoms with Crippen molar-refractivity contribution in [2.75, 3.05) is 0 Å². The Morgan fingerprint density at radius 3 is 2.20 bits per heavy atom. The lowest BCUT2D eigenvalue weighted by molar-refractivity contribution is -0.229. The van der Waals surface area contributed by atoms with Crippen molar-refractivity contribution in [3.05, 3.63) is 59.2 Å². The minimum Gasteiger partial charge on any atom is -0.460 e. The van der Waals surface area contributed by atoms with Gasteiger partial charge in [-0.15, -0.1) is 0 Å². The number of hydrogen-bond donors (Lipinski definition) is 1. The molecule has 0 spiro atoms. The molecule has 7 rings (SSSR count). The Balaban J connectivity index is 0.00000166. The van der Waals surface area contributed by atoms with Crippen LogP contribution in [0.2, 0.25) is 0 Å². The van der Waals surface area contributed by atoms with Crippen molar-refractivity contribution in [3.8, 4) is 0 Å². The summed E-state index contributed by atoms with van der Waals surface area (Å²) < 4.78 is 12.1. The van der Waals surface area contributed by atoms with Gasteiger partial charge in [-0.1, -0.05) is 90.4 Å². The second-order valence-electron chi connectivity index (χ2n) is 20.6. The molecule has 10 atom stereocenters. The standard InChI is InChI=1S/C47H69NO4.CO2/c1-10-31-16-18-33(19-17-31)34-22-25-44(7)37(43(34,5)6)24-26-46(9)38(44)21-20-35-39-36(48-41(50)52-42(2,3)4)23-27-47(39,29-28-45(35,46)8)40(49)51-30-32-14-12-11-13-15-32;2-1-3/h11-15,18,22,31,35-39H,10,16-17,19-21,23-30H2,1-9H3,(H,48,50);/t31?,35-,36-,37+,38-,39+,44+,45-,46-,47+;/m1./s1. The molecule has 0 heterocycles. The van der Waals surface area contributed by atoms with Crippen LogP contribution < -0.4 is 5.32 Å². The monoisotopic (exact) mass is 756 g/mol. The Bertz CT molecular complexity index is 1680. The molecule has 0 aromatic heterocycles. The lowest BCUT2D eigenvalue weighted by Gasteiger charge is -2.72. The van der Waals surface area contributed by atoms with Gasteiger partial charge in [0.2, 0.25) is 0 Å². The Morgan fingerprint density at radius 1 is 0.855 bits per heavy atom. The van der Waals surface area contributed by atoms with E-state index in [2.05, 4.69) is 59.0 Å². The molecule has 0 saturated heterocycles. The van der Waals surface area contributed by atoms with Crippen LogP contribution in [0.4, 0.5) is 4.79 Å². The van der Waals surface area contributed by atoms with Gasteiger partial charge < -0.3 is 14.8 Å². The highest BCUT2D eigenvalue weighted by Crippen LogP contribution is 2.77. The number of allylic oxidation sites excluding steroid dienone is 4. The summed E-state index contributed by atoms with van der Waals surface area (Å²) in [5.41, 5.74) is 3.77. The summed E-state index contributed by atoms with van der Waals surface area (Å²) in [6.45, 7) is 21.5. The third-order valence-electron chi connectivity index (χ3n) is 16.8. The summed E-state index contributed by atoms with van der Waals surface area (Å²) >= 11 is 0. The van der Waals surface area contributed by atoms with Gasteiger partial charge in [0.05, 0.1) is 5.41 Å². The molecule has 1 unspecified atom stereocenters. The fraction of sp³-hybridized carbons (Fsp3) is 0.729. The molecule has 1 N–H and O–H groups in total. The first-order chi connectivity index (χ1) is 25.9. The van der Waals surface area contributed by atoms with Crippen LogP contribution in [0, 0.1) is 56.7 Å². The predicted molar refractivity (Wildman–Crippen MR) is 214 cm³/mol. The zero-order valence-corrected chi connectivity index (χ0v) is 35.4. The lowest BCUT2D eigenvalue weighted by Crippen LogP contribution is -2.67. The van der Waals surface area contributed by atoms with E-state index >= 15 is 0 Å². The first-order valence-corrected chi connectivity index (χ1v) is 21.5. The van der Waals surface area contributed by atoms with Crippen LogP contribution in [-0.2, 0) is 30.5 Å². The highest BCUT2D eigenvalue weighted by molar-refractivity contribution is 5.79. The number of nitrogens with one attached hydrogen (secondary N) is 1. The van der Waals surface area contributed by atoms with Gasteiger partial charge in [-0.3, -0.25) is 4.79 Å². The molecule has 1 aromatic rings. The van der Waals surface area contributed by atoms with Gasteiger partial charge >= 0.3 is 18.2 Å². The SMILES string of the molecule is CCC1CC=C(C2=CC[C@]3(C)[C@H]4CC[C@@H]5[C@H]6[C@H](NC(=O)OC(C)(C)C)CC[C@]6(C(=O)OCc6ccccc6)CC[C@@]5(C)[C@]4(C)CC[C@H]3C2(C)C)CC1.O=C=O. The first kappa shape index (κ1) is 41.5. The van der Waals surface area contributed by atoms with E-state index in [4.69, 9.17) is 19.1 Å². The van der Waals surface area contributed by atoms with Crippen LogP contribution in [-0.4, -0.2) is 29.9 Å². The summed E-state index contributed by atoms with van der Waals surface area (Å²) in [4.78, 5) is 44.1. The fourth-order valence-corrected chi connectivity index (χ4v) is 14.1. The predicted octanol–water partition coefficient (Wildman–Crippen LogP) is 11.2. The van der Waals surface area contributed by atoms with Crippen LogP contribution in [0.3, 0.4) is 0 Å². The number of alkyl carbamates (subject to hydrolysis) is 1. The maximum absolute atomic E-state index is 14.5. The molecule has 1 aromatic carbocycles. The van der Waals surface area contributed by atoms with E-state index < -0.39 is 11.0 Å². The van der Waals surface area contributed by atoms with E-state index in [-0.39, 0.29) is 51.8 Å². The molecule has 4 saturated carbocycles. The molecule has 6 aliphatic rings. The second-order valence-corrected chi connectivity index (χ2v) is 20.6. The van der Waals surface area contributed by atoms with Crippen molar-refractivity contribution >= 4 is 18.2 Å². The van der Waals surface area contributed by atoms with Crippen molar-refractivity contribution in [1.29, 1.82) is 0 Å². The number of esters is 1.